The highest BCUT2D eigenvalue weighted by Gasteiger charge is 2.30. The molecule has 6 heteroatoms. The summed E-state index contributed by atoms with van der Waals surface area (Å²) in [6.07, 6.45) is 1.67. The minimum atomic E-state index is -0.921. The number of halogens is 2. The summed E-state index contributed by atoms with van der Waals surface area (Å²) < 4.78 is 26.5. The van der Waals surface area contributed by atoms with Gasteiger partial charge in [-0.2, -0.15) is 0 Å². The van der Waals surface area contributed by atoms with E-state index >= 15 is 0 Å². The second-order valence-corrected chi connectivity index (χ2v) is 5.06. The molecule has 0 aliphatic carbocycles. The predicted molar refractivity (Wildman–Crippen MR) is 72.3 cm³/mol. The molecule has 1 saturated heterocycles. The van der Waals surface area contributed by atoms with Crippen LogP contribution in [0.2, 0.25) is 0 Å². The molecule has 1 atom stereocenters. The Balaban J connectivity index is 2.12. The Labute approximate surface area is 120 Å². The van der Waals surface area contributed by atoms with Gasteiger partial charge in [0.05, 0.1) is 5.92 Å². The largest absolute Gasteiger partial charge is 0.481 e. The Bertz CT molecular complexity index is 613. The third-order valence-corrected chi connectivity index (χ3v) is 3.55. The van der Waals surface area contributed by atoms with Crippen LogP contribution < -0.4 is 0 Å². The van der Waals surface area contributed by atoms with E-state index in [0.29, 0.717) is 18.5 Å². The fourth-order valence-corrected chi connectivity index (χ4v) is 2.33. The number of carboxylic acids is 1. The number of carbonyl (C=O) groups is 2. The van der Waals surface area contributed by atoms with Gasteiger partial charge in [-0.1, -0.05) is 0 Å². The average Bonchev–Trinajstić information content (AvgIpc) is 2.88. The number of likely N-dealkylation sites (tertiary alicyclic amines) is 1. The lowest BCUT2D eigenvalue weighted by Crippen LogP contribution is -2.28. The molecule has 21 heavy (non-hydrogen) atoms. The summed E-state index contributed by atoms with van der Waals surface area (Å²) >= 11 is 0. The van der Waals surface area contributed by atoms with Crippen molar-refractivity contribution in [1.82, 2.24) is 4.90 Å². The van der Waals surface area contributed by atoms with Gasteiger partial charge >= 0.3 is 5.97 Å². The molecule has 0 saturated carbocycles. The van der Waals surface area contributed by atoms with Gasteiger partial charge in [-0.15, -0.1) is 0 Å². The monoisotopic (exact) mass is 295 g/mol. The van der Waals surface area contributed by atoms with Crippen LogP contribution in [0.25, 0.3) is 5.57 Å². The number of aliphatic carboxylic acids is 1. The minimum Gasteiger partial charge on any atom is -0.481 e. The molecular weight excluding hydrogens is 280 g/mol. The van der Waals surface area contributed by atoms with E-state index in [0.717, 1.165) is 12.1 Å². The second-order valence-electron chi connectivity index (χ2n) is 5.06. The van der Waals surface area contributed by atoms with Crippen LogP contribution in [0.1, 0.15) is 18.9 Å². The molecule has 4 nitrogen and oxygen atoms in total. The number of carboxylic acid groups (broad SMARTS) is 1. The van der Waals surface area contributed by atoms with E-state index in [1.807, 2.05) is 0 Å². The average molecular weight is 295 g/mol. The maximum absolute atomic E-state index is 13.6. The van der Waals surface area contributed by atoms with Crippen LogP contribution in [0.5, 0.6) is 0 Å². The summed E-state index contributed by atoms with van der Waals surface area (Å²) in [5.41, 5.74) is 0.523. The lowest BCUT2D eigenvalue weighted by Gasteiger charge is -2.14. The van der Waals surface area contributed by atoms with Crippen LogP contribution in [0.15, 0.2) is 24.3 Å². The maximum Gasteiger partial charge on any atom is 0.308 e. The fourth-order valence-electron chi connectivity index (χ4n) is 2.33. The van der Waals surface area contributed by atoms with Crippen LogP contribution in [0, 0.1) is 17.6 Å². The summed E-state index contributed by atoms with van der Waals surface area (Å²) in [6.45, 7) is 2.08. The molecule has 0 spiro atoms. The Hall–Kier alpha value is -2.24. The van der Waals surface area contributed by atoms with E-state index in [2.05, 4.69) is 0 Å². The first-order valence-electron chi connectivity index (χ1n) is 6.54. The lowest BCUT2D eigenvalue weighted by atomic mass is 10.1. The van der Waals surface area contributed by atoms with Crippen LogP contribution in [0.4, 0.5) is 8.78 Å². The van der Waals surface area contributed by atoms with Crippen molar-refractivity contribution in [2.45, 2.75) is 13.3 Å². The number of hydrogen-bond acceptors (Lipinski definition) is 2. The molecule has 1 amide bonds. The number of hydrogen-bond donors (Lipinski definition) is 1. The molecule has 0 bridgehead atoms. The Morgan fingerprint density at radius 3 is 2.67 bits per heavy atom. The van der Waals surface area contributed by atoms with Gasteiger partial charge in [0.1, 0.15) is 11.6 Å². The van der Waals surface area contributed by atoms with Gasteiger partial charge in [0.2, 0.25) is 5.91 Å². The maximum atomic E-state index is 13.6. The molecule has 0 radical (unpaired) electrons. The van der Waals surface area contributed by atoms with Crippen molar-refractivity contribution in [2.75, 3.05) is 13.1 Å². The van der Waals surface area contributed by atoms with E-state index in [-0.39, 0.29) is 18.0 Å². The van der Waals surface area contributed by atoms with Crippen molar-refractivity contribution in [1.29, 1.82) is 0 Å². The first-order chi connectivity index (χ1) is 9.88. The molecule has 2 rings (SSSR count). The van der Waals surface area contributed by atoms with Crippen molar-refractivity contribution >= 4 is 17.4 Å². The van der Waals surface area contributed by atoms with Gasteiger partial charge in [-0.3, -0.25) is 9.59 Å². The SMILES string of the molecule is C/C(=C\C(=O)N1CCC(C(=O)O)C1)c1ccc(F)cc1F. The van der Waals surface area contributed by atoms with Gasteiger partial charge in [-0.25, -0.2) is 8.78 Å². The first-order valence-corrected chi connectivity index (χ1v) is 6.54. The minimum absolute atomic E-state index is 0.152. The predicted octanol–water partition coefficient (Wildman–Crippen LogP) is 2.30. The Morgan fingerprint density at radius 2 is 2.10 bits per heavy atom. The van der Waals surface area contributed by atoms with E-state index in [4.69, 9.17) is 5.11 Å². The molecule has 1 fully saturated rings. The molecule has 1 N–H and O–H groups in total. The molecular formula is C15H15F2NO3. The van der Waals surface area contributed by atoms with Gasteiger partial charge in [0.15, 0.2) is 0 Å². The van der Waals surface area contributed by atoms with Crippen molar-refractivity contribution in [3.05, 3.63) is 41.5 Å². The zero-order valence-corrected chi connectivity index (χ0v) is 11.5. The summed E-state index contributed by atoms with van der Waals surface area (Å²) in [7, 11) is 0. The number of rotatable bonds is 3. The normalized spacial score (nSPS) is 18.9. The molecule has 112 valence electrons. The van der Waals surface area contributed by atoms with Gasteiger partial charge in [-0.05, 0) is 31.1 Å². The van der Waals surface area contributed by atoms with Crippen molar-refractivity contribution in [3.63, 3.8) is 0 Å². The molecule has 0 aromatic heterocycles. The molecule has 1 aromatic rings. The Morgan fingerprint density at radius 1 is 1.38 bits per heavy atom. The second kappa shape index (κ2) is 6.03. The summed E-state index contributed by atoms with van der Waals surface area (Å²) in [4.78, 5) is 24.3. The standard InChI is InChI=1S/C15H15F2NO3/c1-9(12-3-2-11(16)7-13(12)17)6-14(19)18-5-4-10(8-18)15(20)21/h2-3,6-7,10H,4-5,8H2,1H3,(H,20,21)/b9-6+. The number of amides is 1. The molecule has 1 aliphatic rings. The van der Waals surface area contributed by atoms with Crippen molar-refractivity contribution < 1.29 is 23.5 Å². The van der Waals surface area contributed by atoms with Crippen LogP contribution in [-0.2, 0) is 9.59 Å². The summed E-state index contributed by atoms with van der Waals surface area (Å²) in [6, 6.07) is 3.15. The lowest BCUT2D eigenvalue weighted by molar-refractivity contribution is -0.141. The van der Waals surface area contributed by atoms with Crippen LogP contribution in [0.3, 0.4) is 0 Å². The highest BCUT2D eigenvalue weighted by atomic mass is 19.1. The third kappa shape index (κ3) is 3.45. The Kier molecular flexibility index (Phi) is 4.35. The topological polar surface area (TPSA) is 57.6 Å². The van der Waals surface area contributed by atoms with Crippen molar-refractivity contribution in [2.24, 2.45) is 5.92 Å². The number of carbonyl (C=O) groups excluding carboxylic acids is 1. The van der Waals surface area contributed by atoms with Crippen LogP contribution >= 0.6 is 0 Å². The zero-order chi connectivity index (χ0) is 15.6. The van der Waals surface area contributed by atoms with Crippen LogP contribution in [-0.4, -0.2) is 35.0 Å². The van der Waals surface area contributed by atoms with E-state index in [1.165, 1.54) is 17.0 Å². The highest BCUT2D eigenvalue weighted by Crippen LogP contribution is 2.21. The number of benzene rings is 1. The first kappa shape index (κ1) is 15.2. The van der Waals surface area contributed by atoms with E-state index in [9.17, 15) is 18.4 Å². The van der Waals surface area contributed by atoms with Gasteiger partial charge in [0.25, 0.3) is 0 Å². The molecule has 1 aromatic carbocycles. The fraction of sp³-hybridized carbons (Fsp3) is 0.333. The molecule has 1 heterocycles. The summed E-state index contributed by atoms with van der Waals surface area (Å²) in [5, 5.41) is 8.90. The zero-order valence-electron chi connectivity index (χ0n) is 11.5. The molecule has 1 aliphatic heterocycles. The summed E-state index contributed by atoms with van der Waals surface area (Å²) in [5.74, 6) is -3.25. The number of nitrogens with zero attached hydrogens (tertiary/aromatic N) is 1. The van der Waals surface area contributed by atoms with Gasteiger partial charge < -0.3 is 10.0 Å². The van der Waals surface area contributed by atoms with Crippen molar-refractivity contribution in [3.8, 4) is 0 Å². The number of allylic oxidation sites excluding steroid dienone is 1. The smallest absolute Gasteiger partial charge is 0.308 e. The molecule has 1 unspecified atom stereocenters. The van der Waals surface area contributed by atoms with E-state index in [1.54, 1.807) is 6.92 Å². The van der Waals surface area contributed by atoms with E-state index < -0.39 is 23.5 Å². The van der Waals surface area contributed by atoms with Gasteiger partial charge in [0, 0.05) is 30.8 Å². The quantitative estimate of drug-likeness (QED) is 0.871. The highest BCUT2D eigenvalue weighted by molar-refractivity contribution is 5.95. The third-order valence-electron chi connectivity index (χ3n) is 3.55.